The average Bonchev–Trinajstić information content (AvgIpc) is 4.24. The van der Waals surface area contributed by atoms with Gasteiger partial charge >= 0.3 is 23.6 Å². The fourth-order valence-corrected chi connectivity index (χ4v) is 11.9. The smallest absolute Gasteiger partial charge is 0.407 e. The van der Waals surface area contributed by atoms with E-state index in [1.54, 1.807) is 9.80 Å². The summed E-state index contributed by atoms with van der Waals surface area (Å²) in [4.78, 5) is 64.0. The van der Waals surface area contributed by atoms with Crippen molar-refractivity contribution in [1.29, 1.82) is 0 Å². The second kappa shape index (κ2) is 27.5. The van der Waals surface area contributed by atoms with Crippen molar-refractivity contribution in [2.75, 3.05) is 32.7 Å². The Morgan fingerprint density at radius 1 is 0.524 bits per heavy atom. The van der Waals surface area contributed by atoms with Gasteiger partial charge in [-0.2, -0.15) is 0 Å². The zero-order valence-corrected chi connectivity index (χ0v) is 46.2. The molecule has 0 radical (unpaired) electrons. The predicted octanol–water partition coefficient (Wildman–Crippen LogP) is 12.3. The fourth-order valence-electron chi connectivity index (χ4n) is 11.9. The summed E-state index contributed by atoms with van der Waals surface area (Å²) in [6.07, 6.45) is 6.30. The lowest BCUT2D eigenvalue weighted by molar-refractivity contribution is 0.0809. The molecule has 422 valence electrons. The van der Waals surface area contributed by atoms with Gasteiger partial charge in [0.05, 0.1) is 22.1 Å². The molecule has 9 aromatic rings. The molecule has 11 rings (SSSR count). The van der Waals surface area contributed by atoms with Gasteiger partial charge in [0.25, 0.3) is 0 Å². The van der Waals surface area contributed by atoms with Gasteiger partial charge in [-0.05, 0) is 103 Å². The van der Waals surface area contributed by atoms with E-state index >= 15 is 0 Å². The maximum absolute atomic E-state index is 12.9. The number of para-hydroxylation sites is 4. The Kier molecular flexibility index (Phi) is 18.9. The second-order valence-electron chi connectivity index (χ2n) is 21.5. The number of ether oxygens (including phenoxy) is 1. The van der Waals surface area contributed by atoms with Crippen LogP contribution in [0.4, 0.5) is 9.59 Å². The quantitative estimate of drug-likeness (QED) is 0.0579. The number of likely N-dealkylation sites (tertiary alicyclic amines) is 2. The first kappa shape index (κ1) is 56.4. The lowest BCUT2D eigenvalue weighted by Crippen LogP contribution is -2.48. The SMILES string of the molecule is O=C(O)N1CCC(n2c(=O)[nH]c3ccccc32)CC1CCN(C/C=C/c1ccccc1)Cc1ccccc1.O=C(O)N1CCC(n2c(=O)[nH]c3ccccc32)CC1CCN(Cc1ccccc1)Cc1cccc(OCc2ccccc2)c1. The molecule has 0 bridgehead atoms. The third-order valence-electron chi connectivity index (χ3n) is 15.9. The van der Waals surface area contributed by atoms with E-state index in [0.717, 1.165) is 70.7 Å². The molecule has 2 saturated heterocycles. The molecule has 2 aliphatic heterocycles. The highest BCUT2D eigenvalue weighted by Gasteiger charge is 2.35. The molecular weight excluding hydrogens is 1030 g/mol. The number of imidazole rings is 2. The van der Waals surface area contributed by atoms with Crippen LogP contribution in [-0.2, 0) is 26.2 Å². The van der Waals surface area contributed by atoms with Crippen molar-refractivity contribution in [3.05, 3.63) is 249 Å². The Balaban J connectivity index is 0.000000186. The summed E-state index contributed by atoms with van der Waals surface area (Å²) >= 11 is 0. The van der Waals surface area contributed by atoms with Gasteiger partial charge in [0.1, 0.15) is 12.4 Å². The number of carboxylic acid groups (broad SMARTS) is 2. The first-order chi connectivity index (χ1) is 40.1. The number of fused-ring (bicyclic) bond motifs is 2. The molecule has 15 heteroatoms. The maximum atomic E-state index is 12.9. The van der Waals surface area contributed by atoms with Gasteiger partial charge in [-0.3, -0.25) is 18.9 Å². The van der Waals surface area contributed by atoms with Crippen LogP contribution in [0.25, 0.3) is 28.1 Å². The summed E-state index contributed by atoms with van der Waals surface area (Å²) < 4.78 is 9.74. The zero-order chi connectivity index (χ0) is 56.6. The third-order valence-corrected chi connectivity index (χ3v) is 15.9. The highest BCUT2D eigenvalue weighted by molar-refractivity contribution is 5.76. The number of carbonyl (C=O) groups is 2. The maximum Gasteiger partial charge on any atom is 0.407 e. The molecule has 2 fully saturated rings. The molecule has 4 unspecified atom stereocenters. The van der Waals surface area contributed by atoms with Crippen LogP contribution in [0.3, 0.4) is 0 Å². The summed E-state index contributed by atoms with van der Waals surface area (Å²) in [6, 6.07) is 64.1. The molecule has 2 aromatic heterocycles. The summed E-state index contributed by atoms with van der Waals surface area (Å²) in [5, 5.41) is 20.0. The summed E-state index contributed by atoms with van der Waals surface area (Å²) in [5.41, 5.74) is 8.92. The van der Waals surface area contributed by atoms with E-state index < -0.39 is 12.2 Å². The van der Waals surface area contributed by atoms with Crippen molar-refractivity contribution in [1.82, 2.24) is 38.7 Å². The van der Waals surface area contributed by atoms with Crippen LogP contribution >= 0.6 is 0 Å². The fraction of sp³-hybridized carbons (Fsp3) is 0.284. The number of benzene rings is 7. The van der Waals surface area contributed by atoms with Crippen molar-refractivity contribution >= 4 is 40.3 Å². The van der Waals surface area contributed by atoms with E-state index in [4.69, 9.17) is 4.74 Å². The first-order valence-electron chi connectivity index (χ1n) is 28.5. The van der Waals surface area contributed by atoms with Crippen molar-refractivity contribution < 1.29 is 24.5 Å². The Labute approximate surface area is 478 Å². The molecule has 15 nitrogen and oxygen atoms in total. The van der Waals surface area contributed by atoms with Crippen molar-refractivity contribution in [3.63, 3.8) is 0 Å². The Hall–Kier alpha value is -8.92. The van der Waals surface area contributed by atoms with Gasteiger partial charge in [-0.25, -0.2) is 19.2 Å². The average molecular weight is 1100 g/mol. The number of H-pyrrole nitrogens is 2. The standard InChI is InChI=1S/C36H38N4O4.C31H34N4O3/c41-35-37-33-16-7-8-17-34(33)40(35)31-19-21-39(36(42)43)30(23-31)18-20-38(24-27-10-3-1-4-11-27)25-29-14-9-15-32(22-29)44-26-28-12-5-2-6-13-28;36-30-32-28-15-7-8-16-29(28)35(30)27-18-21-34(31(37)38)26(22-27)17-20-33(23-25-12-5-2-6-13-25)19-9-14-24-10-3-1-4-11-24/h1-17,22,30-31H,18-21,23-26H2,(H,37,41)(H,42,43);1-16,26-27H,17-23H2,(H,32,36)(H,37,38)/b;14-9+. The summed E-state index contributed by atoms with van der Waals surface area (Å²) in [7, 11) is 0. The second-order valence-corrected chi connectivity index (χ2v) is 21.5. The number of rotatable bonds is 20. The van der Waals surface area contributed by atoms with Crippen LogP contribution in [-0.4, -0.2) is 106 Å². The first-order valence-corrected chi connectivity index (χ1v) is 28.5. The molecule has 82 heavy (non-hydrogen) atoms. The van der Waals surface area contributed by atoms with Gasteiger partial charge in [0, 0.05) is 76.5 Å². The number of nitrogens with one attached hydrogen (secondary N) is 2. The van der Waals surface area contributed by atoms with Crippen LogP contribution in [0.2, 0.25) is 0 Å². The molecule has 7 aromatic carbocycles. The number of hydrogen-bond donors (Lipinski definition) is 4. The highest BCUT2D eigenvalue weighted by atomic mass is 16.5. The molecule has 0 aliphatic carbocycles. The predicted molar refractivity (Wildman–Crippen MR) is 323 cm³/mol. The Bertz CT molecular complexity index is 3640. The number of aromatic amines is 2. The number of aromatic nitrogens is 4. The van der Waals surface area contributed by atoms with Crippen molar-refractivity contribution in [2.24, 2.45) is 0 Å². The molecule has 2 amide bonds. The van der Waals surface area contributed by atoms with Crippen LogP contribution in [0.5, 0.6) is 5.75 Å². The van der Waals surface area contributed by atoms with E-state index in [0.29, 0.717) is 71.3 Å². The van der Waals surface area contributed by atoms with Crippen LogP contribution in [0.1, 0.15) is 78.4 Å². The molecule has 0 spiro atoms. The van der Waals surface area contributed by atoms with Gasteiger partial charge in [-0.15, -0.1) is 0 Å². The Morgan fingerprint density at radius 3 is 1.49 bits per heavy atom. The lowest BCUT2D eigenvalue weighted by atomic mass is 9.94. The number of nitrogens with zero attached hydrogens (tertiary/aromatic N) is 6. The molecule has 4 N–H and O–H groups in total. The number of piperidine rings is 2. The van der Waals surface area contributed by atoms with Crippen LogP contribution in [0, 0.1) is 0 Å². The largest absolute Gasteiger partial charge is 0.489 e. The van der Waals surface area contributed by atoms with Crippen LogP contribution in [0.15, 0.2) is 210 Å². The topological polar surface area (TPSA) is 172 Å². The number of hydrogen-bond acceptors (Lipinski definition) is 7. The highest BCUT2D eigenvalue weighted by Crippen LogP contribution is 2.33. The summed E-state index contributed by atoms with van der Waals surface area (Å²) in [5.74, 6) is 0.822. The van der Waals surface area contributed by atoms with Gasteiger partial charge in [0.15, 0.2) is 0 Å². The van der Waals surface area contributed by atoms with Gasteiger partial charge in [0.2, 0.25) is 0 Å². The number of amides is 2. The van der Waals surface area contributed by atoms with Gasteiger partial charge in [-0.1, -0.05) is 170 Å². The minimum absolute atomic E-state index is 0.0419. The Morgan fingerprint density at radius 2 is 0.963 bits per heavy atom. The van der Waals surface area contributed by atoms with Crippen molar-refractivity contribution in [3.8, 4) is 5.75 Å². The van der Waals surface area contributed by atoms with E-state index in [9.17, 15) is 29.4 Å². The van der Waals surface area contributed by atoms with E-state index in [1.165, 1.54) is 11.1 Å². The minimum Gasteiger partial charge on any atom is -0.489 e. The van der Waals surface area contributed by atoms with E-state index in [1.807, 2.05) is 143 Å². The lowest BCUT2D eigenvalue weighted by Gasteiger charge is -2.39. The molecule has 2 aliphatic rings. The third kappa shape index (κ3) is 14.7. The normalized spacial score (nSPS) is 17.3. The van der Waals surface area contributed by atoms with Crippen LogP contribution < -0.4 is 16.1 Å². The summed E-state index contributed by atoms with van der Waals surface area (Å²) in [6.45, 7) is 5.75. The molecule has 0 saturated carbocycles. The minimum atomic E-state index is -0.905. The molecule has 4 atom stereocenters. The van der Waals surface area contributed by atoms with E-state index in [-0.39, 0.29) is 35.5 Å². The van der Waals surface area contributed by atoms with Crippen molar-refractivity contribution in [2.45, 2.75) is 88.9 Å². The molecule has 4 heterocycles. The van der Waals surface area contributed by atoms with Gasteiger partial charge < -0.3 is 34.7 Å². The van der Waals surface area contributed by atoms with E-state index in [2.05, 4.69) is 92.6 Å². The monoisotopic (exact) mass is 1100 g/mol. The zero-order valence-electron chi connectivity index (χ0n) is 46.2. The molecular formula is C67H72N8O7.